The summed E-state index contributed by atoms with van der Waals surface area (Å²) in [5.41, 5.74) is -1.41. The summed E-state index contributed by atoms with van der Waals surface area (Å²) in [4.78, 5) is 28.6. The van der Waals surface area contributed by atoms with E-state index in [0.29, 0.717) is 5.01 Å². The minimum absolute atomic E-state index is 0.211. The Morgan fingerprint density at radius 3 is 2.41 bits per heavy atom. The first-order valence-electron chi connectivity index (χ1n) is 5.25. The molecule has 0 saturated carbocycles. The van der Waals surface area contributed by atoms with Crippen LogP contribution in [0.15, 0.2) is 11.6 Å². The molecule has 1 unspecified atom stereocenters. The molecule has 0 radical (unpaired) electrons. The number of aliphatic carboxylic acids is 1. The monoisotopic (exact) mass is 256 g/mol. The molecule has 1 aromatic heterocycles. The highest BCUT2D eigenvalue weighted by Crippen LogP contribution is 2.32. The molecule has 0 bridgehead atoms. The first-order valence-corrected chi connectivity index (χ1v) is 6.13. The maximum atomic E-state index is 11.7. The van der Waals surface area contributed by atoms with Crippen LogP contribution in [0.25, 0.3) is 0 Å². The van der Waals surface area contributed by atoms with Gasteiger partial charge < -0.3 is 10.0 Å². The fourth-order valence-corrected chi connectivity index (χ4v) is 2.74. The predicted octanol–water partition coefficient (Wildman–Crippen LogP) is 1.70. The fourth-order valence-electron chi connectivity index (χ4n) is 1.96. The number of hydrogen-bond acceptors (Lipinski definition) is 4. The first-order chi connectivity index (χ1) is 7.81. The van der Waals surface area contributed by atoms with Crippen molar-refractivity contribution in [3.05, 3.63) is 16.6 Å². The number of rotatable bonds is 4. The third kappa shape index (κ3) is 2.31. The molecule has 0 aliphatic heterocycles. The average molecular weight is 256 g/mol. The van der Waals surface area contributed by atoms with Crippen LogP contribution < -0.4 is 0 Å². The molecule has 1 aromatic rings. The Morgan fingerprint density at radius 2 is 2.12 bits per heavy atom. The van der Waals surface area contributed by atoms with Gasteiger partial charge in [0.1, 0.15) is 5.01 Å². The SMILES string of the molecule is CC(=O)N(C(C)C)C(C)(C(=O)O)c1nccs1. The number of carboxylic acid groups (broad SMARTS) is 1. The molecule has 1 atom stereocenters. The zero-order valence-corrected chi connectivity index (χ0v) is 11.1. The van der Waals surface area contributed by atoms with E-state index < -0.39 is 11.5 Å². The van der Waals surface area contributed by atoms with E-state index in [4.69, 9.17) is 0 Å². The Hall–Kier alpha value is -1.43. The van der Waals surface area contributed by atoms with Crippen molar-refractivity contribution in [2.24, 2.45) is 0 Å². The molecule has 0 aliphatic carbocycles. The molecule has 1 N–H and O–H groups in total. The molecule has 1 amide bonds. The van der Waals surface area contributed by atoms with Crippen molar-refractivity contribution in [1.82, 2.24) is 9.88 Å². The lowest BCUT2D eigenvalue weighted by atomic mass is 9.98. The second-order valence-corrected chi connectivity index (χ2v) is 5.09. The van der Waals surface area contributed by atoms with Gasteiger partial charge in [-0.15, -0.1) is 11.3 Å². The van der Waals surface area contributed by atoms with Crippen LogP contribution in [-0.4, -0.2) is 32.9 Å². The number of carbonyl (C=O) groups excluding carboxylic acids is 1. The van der Waals surface area contributed by atoms with Crippen LogP contribution in [0.5, 0.6) is 0 Å². The third-order valence-electron chi connectivity index (χ3n) is 2.60. The summed E-state index contributed by atoms with van der Waals surface area (Å²) in [5, 5.41) is 11.6. The van der Waals surface area contributed by atoms with Gasteiger partial charge in [0.15, 0.2) is 5.54 Å². The van der Waals surface area contributed by atoms with Gasteiger partial charge in [-0.1, -0.05) is 0 Å². The zero-order valence-electron chi connectivity index (χ0n) is 10.3. The van der Waals surface area contributed by atoms with Crippen molar-refractivity contribution in [2.75, 3.05) is 0 Å². The number of carbonyl (C=O) groups is 2. The molecule has 17 heavy (non-hydrogen) atoms. The Kier molecular flexibility index (Phi) is 3.87. The van der Waals surface area contributed by atoms with Gasteiger partial charge in [-0.3, -0.25) is 4.79 Å². The first kappa shape index (κ1) is 13.6. The Balaban J connectivity index is 3.34. The van der Waals surface area contributed by atoms with Gasteiger partial charge in [-0.2, -0.15) is 0 Å². The van der Waals surface area contributed by atoms with Crippen LogP contribution >= 0.6 is 11.3 Å². The second-order valence-electron chi connectivity index (χ2n) is 4.20. The van der Waals surface area contributed by atoms with E-state index in [1.807, 2.05) is 0 Å². The summed E-state index contributed by atoms with van der Waals surface area (Å²) in [6, 6.07) is -0.211. The lowest BCUT2D eigenvalue weighted by Crippen LogP contribution is -2.55. The Labute approximate surface area is 104 Å². The quantitative estimate of drug-likeness (QED) is 0.890. The summed E-state index contributed by atoms with van der Waals surface area (Å²) >= 11 is 1.24. The van der Waals surface area contributed by atoms with E-state index >= 15 is 0 Å². The standard InChI is InChI=1S/C11H16N2O3S/c1-7(2)13(8(3)14)11(4,10(15)16)9-12-5-6-17-9/h5-7H,1-4H3,(H,15,16). The van der Waals surface area contributed by atoms with Crippen LogP contribution in [0.4, 0.5) is 0 Å². The van der Waals surface area contributed by atoms with E-state index in [0.717, 1.165) is 0 Å². The Bertz CT molecular complexity index is 416. The largest absolute Gasteiger partial charge is 0.479 e. The topological polar surface area (TPSA) is 70.5 Å². The second kappa shape index (κ2) is 4.83. The van der Waals surface area contributed by atoms with Gasteiger partial charge >= 0.3 is 5.97 Å². The summed E-state index contributed by atoms with van der Waals surface area (Å²) in [5.74, 6) is -1.35. The number of amides is 1. The van der Waals surface area contributed by atoms with Crippen molar-refractivity contribution in [1.29, 1.82) is 0 Å². The molecule has 5 nitrogen and oxygen atoms in total. The van der Waals surface area contributed by atoms with Crippen molar-refractivity contribution in [2.45, 2.75) is 39.3 Å². The van der Waals surface area contributed by atoms with Gasteiger partial charge in [0.05, 0.1) is 0 Å². The highest BCUT2D eigenvalue weighted by atomic mass is 32.1. The van der Waals surface area contributed by atoms with E-state index in [-0.39, 0.29) is 11.9 Å². The van der Waals surface area contributed by atoms with E-state index in [9.17, 15) is 14.7 Å². The van der Waals surface area contributed by atoms with Gasteiger partial charge in [-0.25, -0.2) is 9.78 Å². The molecule has 0 spiro atoms. The molecule has 6 heteroatoms. The molecule has 0 saturated heterocycles. The summed E-state index contributed by atoms with van der Waals surface area (Å²) in [6.45, 7) is 6.46. The summed E-state index contributed by atoms with van der Waals surface area (Å²) in [6.07, 6.45) is 1.54. The normalized spacial score (nSPS) is 14.4. The third-order valence-corrected chi connectivity index (χ3v) is 3.59. The van der Waals surface area contributed by atoms with Crippen molar-refractivity contribution < 1.29 is 14.7 Å². The highest BCUT2D eigenvalue weighted by Gasteiger charge is 2.46. The lowest BCUT2D eigenvalue weighted by molar-refractivity contribution is -0.160. The van der Waals surface area contributed by atoms with Crippen LogP contribution in [0.2, 0.25) is 0 Å². The molecular weight excluding hydrogens is 240 g/mol. The van der Waals surface area contributed by atoms with Gasteiger partial charge in [-0.05, 0) is 20.8 Å². The molecule has 0 aromatic carbocycles. The number of aromatic nitrogens is 1. The van der Waals surface area contributed by atoms with Gasteiger partial charge in [0.25, 0.3) is 0 Å². The predicted molar refractivity (Wildman–Crippen MR) is 64.8 cm³/mol. The van der Waals surface area contributed by atoms with E-state index in [2.05, 4.69) is 4.98 Å². The molecular formula is C11H16N2O3S. The number of hydrogen-bond donors (Lipinski definition) is 1. The summed E-state index contributed by atoms with van der Waals surface area (Å²) in [7, 11) is 0. The molecule has 0 aliphatic rings. The van der Waals surface area contributed by atoms with Crippen molar-refractivity contribution in [3.8, 4) is 0 Å². The van der Waals surface area contributed by atoms with Crippen molar-refractivity contribution >= 4 is 23.2 Å². The zero-order chi connectivity index (χ0) is 13.2. The maximum absolute atomic E-state index is 11.7. The minimum Gasteiger partial charge on any atom is -0.479 e. The minimum atomic E-state index is -1.41. The fraction of sp³-hybridized carbons (Fsp3) is 0.545. The number of carboxylic acids is 1. The molecule has 1 heterocycles. The average Bonchev–Trinajstić information content (AvgIpc) is 2.68. The Morgan fingerprint density at radius 1 is 1.53 bits per heavy atom. The van der Waals surface area contributed by atoms with Crippen LogP contribution in [-0.2, 0) is 15.1 Å². The van der Waals surface area contributed by atoms with Crippen LogP contribution in [0.1, 0.15) is 32.7 Å². The van der Waals surface area contributed by atoms with E-state index in [1.54, 1.807) is 25.4 Å². The van der Waals surface area contributed by atoms with E-state index in [1.165, 1.54) is 30.1 Å². The number of nitrogens with zero attached hydrogens (tertiary/aromatic N) is 2. The molecule has 1 rings (SSSR count). The molecule has 94 valence electrons. The smallest absolute Gasteiger partial charge is 0.336 e. The van der Waals surface area contributed by atoms with Crippen LogP contribution in [0, 0.1) is 0 Å². The lowest BCUT2D eigenvalue weighted by Gasteiger charge is -2.38. The van der Waals surface area contributed by atoms with Gasteiger partial charge in [0.2, 0.25) is 5.91 Å². The van der Waals surface area contributed by atoms with Gasteiger partial charge in [0, 0.05) is 24.5 Å². The van der Waals surface area contributed by atoms with Crippen LogP contribution in [0.3, 0.4) is 0 Å². The number of thiazole rings is 1. The maximum Gasteiger partial charge on any atom is 0.336 e. The highest BCUT2D eigenvalue weighted by molar-refractivity contribution is 7.09. The van der Waals surface area contributed by atoms with Crippen molar-refractivity contribution in [3.63, 3.8) is 0 Å². The summed E-state index contributed by atoms with van der Waals surface area (Å²) < 4.78 is 0. The molecule has 0 fully saturated rings.